The number of rotatable bonds is 3. The summed E-state index contributed by atoms with van der Waals surface area (Å²) in [7, 11) is 0. The van der Waals surface area contributed by atoms with Crippen LogP contribution in [0.15, 0.2) is 28.5 Å². The molecule has 0 rings (SSSR count). The number of hydrogen-bond donors (Lipinski definition) is 1. The molecule has 108 valence electrons. The Bertz CT molecular complexity index is 404. The minimum absolute atomic E-state index is 0.0750. The van der Waals surface area contributed by atoms with E-state index in [-0.39, 0.29) is 5.70 Å². The smallest absolute Gasteiger partial charge is 0.433 e. The fourth-order valence-corrected chi connectivity index (χ4v) is 0.977. The van der Waals surface area contributed by atoms with Crippen molar-refractivity contribution in [3.05, 3.63) is 23.5 Å². The van der Waals surface area contributed by atoms with Gasteiger partial charge in [-0.05, 0) is 40.5 Å². The van der Waals surface area contributed by atoms with Gasteiger partial charge in [-0.15, -0.1) is 0 Å². The number of alkyl halides is 3. The summed E-state index contributed by atoms with van der Waals surface area (Å²) in [4.78, 5) is 14.3. The number of halogens is 3. The van der Waals surface area contributed by atoms with E-state index in [1.807, 2.05) is 0 Å². The van der Waals surface area contributed by atoms with Gasteiger partial charge in [0.15, 0.2) is 0 Å². The summed E-state index contributed by atoms with van der Waals surface area (Å²) in [5, 5.41) is 2.20. The normalized spacial score (nSPS) is 14.1. The summed E-state index contributed by atoms with van der Waals surface area (Å²) in [5.74, 6) is 0. The van der Waals surface area contributed by atoms with Gasteiger partial charge in [0.2, 0.25) is 0 Å². The number of hydrogen-bond acceptors (Lipinski definition) is 3. The van der Waals surface area contributed by atoms with Crippen molar-refractivity contribution in [1.82, 2.24) is 5.32 Å². The van der Waals surface area contributed by atoms with Crippen LogP contribution in [-0.4, -0.2) is 24.6 Å². The highest BCUT2D eigenvalue weighted by molar-refractivity contribution is 5.70. The van der Waals surface area contributed by atoms with Gasteiger partial charge in [-0.1, -0.05) is 6.08 Å². The SMILES string of the molecule is C=N/C(=C\C(=C/C)NC(=O)OC(C)(C)C)C(F)(F)F. The minimum atomic E-state index is -4.63. The molecular weight excluding hydrogens is 261 g/mol. The van der Waals surface area contributed by atoms with Crippen LogP contribution >= 0.6 is 0 Å². The van der Waals surface area contributed by atoms with E-state index >= 15 is 0 Å². The molecule has 1 N–H and O–H groups in total. The van der Waals surface area contributed by atoms with E-state index in [9.17, 15) is 18.0 Å². The van der Waals surface area contributed by atoms with Crippen molar-refractivity contribution in [3.8, 4) is 0 Å². The number of carbonyl (C=O) groups is 1. The summed E-state index contributed by atoms with van der Waals surface area (Å²) in [6.07, 6.45) is -3.51. The van der Waals surface area contributed by atoms with Gasteiger partial charge >= 0.3 is 12.3 Å². The molecule has 19 heavy (non-hydrogen) atoms. The summed E-state index contributed by atoms with van der Waals surface area (Å²) in [6, 6.07) is 0. The molecule has 0 atom stereocenters. The highest BCUT2D eigenvalue weighted by atomic mass is 19.4. The first kappa shape index (κ1) is 17.2. The molecule has 0 aliphatic heterocycles. The van der Waals surface area contributed by atoms with E-state index in [1.165, 1.54) is 13.0 Å². The molecule has 0 saturated carbocycles. The van der Waals surface area contributed by atoms with Crippen molar-refractivity contribution in [2.75, 3.05) is 0 Å². The molecule has 0 radical (unpaired) electrons. The van der Waals surface area contributed by atoms with Gasteiger partial charge in [0.05, 0.1) is 0 Å². The van der Waals surface area contributed by atoms with E-state index < -0.39 is 23.6 Å². The Kier molecular flexibility index (Phi) is 5.80. The molecule has 0 aromatic carbocycles. The second kappa shape index (κ2) is 6.40. The lowest BCUT2D eigenvalue weighted by Gasteiger charge is -2.20. The zero-order valence-electron chi connectivity index (χ0n) is 11.3. The predicted octanol–water partition coefficient (Wildman–Crippen LogP) is 3.56. The third-order valence-electron chi connectivity index (χ3n) is 1.71. The maximum absolute atomic E-state index is 12.5. The van der Waals surface area contributed by atoms with E-state index in [0.717, 1.165) is 0 Å². The van der Waals surface area contributed by atoms with Crippen LogP contribution in [0.1, 0.15) is 27.7 Å². The van der Waals surface area contributed by atoms with Crippen molar-refractivity contribution in [3.63, 3.8) is 0 Å². The molecule has 0 aromatic heterocycles. The Labute approximate surface area is 110 Å². The number of aliphatic imine (C=N–C) groups is 1. The van der Waals surface area contributed by atoms with Crippen molar-refractivity contribution >= 4 is 12.8 Å². The Hall–Kier alpha value is -1.79. The molecular formula is C12H17F3N2O2. The average Bonchev–Trinajstić information content (AvgIpc) is 2.19. The van der Waals surface area contributed by atoms with Crippen molar-refractivity contribution < 1.29 is 22.7 Å². The van der Waals surface area contributed by atoms with Crippen LogP contribution in [0.3, 0.4) is 0 Å². The van der Waals surface area contributed by atoms with Crippen LogP contribution in [0.25, 0.3) is 0 Å². The van der Waals surface area contributed by atoms with Gasteiger partial charge in [0.1, 0.15) is 11.3 Å². The molecule has 7 heteroatoms. The van der Waals surface area contributed by atoms with Crippen LogP contribution in [-0.2, 0) is 4.74 Å². The fourth-order valence-electron chi connectivity index (χ4n) is 0.977. The van der Waals surface area contributed by atoms with Gasteiger partial charge < -0.3 is 4.74 Å². The number of allylic oxidation sites excluding steroid dienone is 3. The van der Waals surface area contributed by atoms with Crippen LogP contribution in [0.2, 0.25) is 0 Å². The lowest BCUT2D eigenvalue weighted by molar-refractivity contribution is -0.0923. The highest BCUT2D eigenvalue weighted by Gasteiger charge is 2.33. The Morgan fingerprint density at radius 1 is 1.32 bits per heavy atom. The number of carbonyl (C=O) groups excluding carboxylic acids is 1. The molecule has 0 bridgehead atoms. The molecule has 0 aliphatic rings. The molecule has 0 aliphatic carbocycles. The number of ether oxygens (including phenoxy) is 1. The molecule has 0 saturated heterocycles. The van der Waals surface area contributed by atoms with Gasteiger partial charge in [0.25, 0.3) is 0 Å². The van der Waals surface area contributed by atoms with E-state index in [1.54, 1.807) is 20.8 Å². The maximum Gasteiger partial charge on any atom is 0.433 e. The topological polar surface area (TPSA) is 50.7 Å². The van der Waals surface area contributed by atoms with Crippen molar-refractivity contribution in [2.45, 2.75) is 39.5 Å². The first-order valence-electron chi connectivity index (χ1n) is 5.41. The molecule has 1 amide bonds. The zero-order valence-corrected chi connectivity index (χ0v) is 11.3. The highest BCUT2D eigenvalue weighted by Crippen LogP contribution is 2.26. The number of nitrogens with one attached hydrogen (secondary N) is 1. The standard InChI is InChI=1S/C12H17F3N2O2/c1-6-8(7-9(16-5)12(13,14)15)17-10(18)19-11(2,3)4/h6-7H,5H2,1-4H3,(H,17,18)/b8-6+,9-7-. The quantitative estimate of drug-likeness (QED) is 0.634. The first-order chi connectivity index (χ1) is 8.49. The fraction of sp³-hybridized carbons (Fsp3) is 0.500. The number of amides is 1. The Morgan fingerprint density at radius 2 is 1.84 bits per heavy atom. The van der Waals surface area contributed by atoms with Crippen LogP contribution < -0.4 is 5.32 Å². The zero-order chi connectivity index (χ0) is 15.3. The summed E-state index contributed by atoms with van der Waals surface area (Å²) in [5.41, 5.74) is -2.01. The summed E-state index contributed by atoms with van der Waals surface area (Å²) < 4.78 is 42.3. The van der Waals surface area contributed by atoms with Gasteiger partial charge in [-0.25, -0.2) is 4.79 Å². The van der Waals surface area contributed by atoms with Crippen molar-refractivity contribution in [2.24, 2.45) is 4.99 Å². The number of nitrogens with zero attached hydrogens (tertiary/aromatic N) is 1. The molecule has 0 unspecified atom stereocenters. The lowest BCUT2D eigenvalue weighted by atomic mass is 10.2. The van der Waals surface area contributed by atoms with Crippen LogP contribution in [0.5, 0.6) is 0 Å². The monoisotopic (exact) mass is 278 g/mol. The minimum Gasteiger partial charge on any atom is -0.444 e. The van der Waals surface area contributed by atoms with Crippen LogP contribution in [0, 0.1) is 0 Å². The Morgan fingerprint density at radius 3 is 2.16 bits per heavy atom. The maximum atomic E-state index is 12.5. The predicted molar refractivity (Wildman–Crippen MR) is 66.8 cm³/mol. The van der Waals surface area contributed by atoms with E-state index in [4.69, 9.17) is 4.74 Å². The van der Waals surface area contributed by atoms with Crippen molar-refractivity contribution in [1.29, 1.82) is 0 Å². The molecule has 0 fully saturated rings. The second-order valence-electron chi connectivity index (χ2n) is 4.56. The van der Waals surface area contributed by atoms with Gasteiger partial charge in [0, 0.05) is 5.70 Å². The molecule has 0 aromatic rings. The first-order valence-corrected chi connectivity index (χ1v) is 5.41. The van der Waals surface area contributed by atoms with Gasteiger partial charge in [-0.3, -0.25) is 10.3 Å². The second-order valence-corrected chi connectivity index (χ2v) is 4.56. The molecule has 0 spiro atoms. The van der Waals surface area contributed by atoms with E-state index in [0.29, 0.717) is 6.08 Å². The van der Waals surface area contributed by atoms with Gasteiger partial charge in [-0.2, -0.15) is 13.2 Å². The summed E-state index contributed by atoms with van der Waals surface area (Å²) >= 11 is 0. The van der Waals surface area contributed by atoms with Crippen LogP contribution in [0.4, 0.5) is 18.0 Å². The largest absolute Gasteiger partial charge is 0.444 e. The third kappa shape index (κ3) is 7.28. The number of alkyl carbamates (subject to hydrolysis) is 1. The third-order valence-corrected chi connectivity index (χ3v) is 1.71. The van der Waals surface area contributed by atoms with E-state index in [2.05, 4.69) is 17.0 Å². The Balaban J connectivity index is 4.93. The molecule has 4 nitrogen and oxygen atoms in total. The average molecular weight is 278 g/mol. The lowest BCUT2D eigenvalue weighted by Crippen LogP contribution is -2.32. The molecule has 0 heterocycles. The summed E-state index contributed by atoms with van der Waals surface area (Å²) in [6.45, 7) is 9.25.